The van der Waals surface area contributed by atoms with E-state index >= 15 is 0 Å². The molecule has 2 rings (SSSR count). The van der Waals surface area contributed by atoms with E-state index in [1.54, 1.807) is 17.8 Å². The van der Waals surface area contributed by atoms with Crippen LogP contribution in [0.2, 0.25) is 0 Å². The number of nitrogens with two attached hydrogens (primary N) is 1. The van der Waals surface area contributed by atoms with Gasteiger partial charge in [-0.3, -0.25) is 0 Å². The van der Waals surface area contributed by atoms with E-state index in [0.717, 1.165) is 10.9 Å². The maximum Gasteiger partial charge on any atom is 0.372 e. The second-order valence-corrected chi connectivity index (χ2v) is 5.50. The Morgan fingerprint density at radius 2 is 2.22 bits per heavy atom. The normalized spacial score (nSPS) is 12.8. The van der Waals surface area contributed by atoms with Crippen molar-refractivity contribution >= 4 is 28.7 Å². The SMILES string of the molecule is CC(CN)SCc1c(C(=O)O)oc2ccccc12. The number of thioether (sulfide) groups is 1. The first kappa shape index (κ1) is 13.0. The fourth-order valence-electron chi connectivity index (χ4n) is 1.71. The Kier molecular flexibility index (Phi) is 3.93. The number of carboxylic acid groups (broad SMARTS) is 1. The van der Waals surface area contributed by atoms with Crippen molar-refractivity contribution in [3.05, 3.63) is 35.6 Å². The Bertz CT molecular complexity index is 564. The molecule has 0 aliphatic rings. The summed E-state index contributed by atoms with van der Waals surface area (Å²) in [7, 11) is 0. The van der Waals surface area contributed by atoms with Gasteiger partial charge in [0.15, 0.2) is 0 Å². The molecule has 3 N–H and O–H groups in total. The molecule has 18 heavy (non-hydrogen) atoms. The topological polar surface area (TPSA) is 76.5 Å². The van der Waals surface area contributed by atoms with Gasteiger partial charge in [-0.2, -0.15) is 11.8 Å². The molecule has 96 valence electrons. The van der Waals surface area contributed by atoms with Crippen molar-refractivity contribution in [3.8, 4) is 0 Å². The maximum absolute atomic E-state index is 11.2. The van der Waals surface area contributed by atoms with Crippen molar-refractivity contribution in [3.63, 3.8) is 0 Å². The molecule has 0 saturated carbocycles. The van der Waals surface area contributed by atoms with Crippen molar-refractivity contribution in [2.24, 2.45) is 5.73 Å². The Labute approximate surface area is 109 Å². The summed E-state index contributed by atoms with van der Waals surface area (Å²) in [5.41, 5.74) is 6.92. The maximum atomic E-state index is 11.2. The standard InChI is InChI=1S/C13H15NO3S/c1-8(6-14)18-7-10-9-4-2-3-5-11(9)17-12(10)13(15)16/h2-5,8H,6-7,14H2,1H3,(H,15,16). The molecule has 1 heterocycles. The molecule has 0 radical (unpaired) electrons. The number of hydrogen-bond acceptors (Lipinski definition) is 4. The summed E-state index contributed by atoms with van der Waals surface area (Å²) < 4.78 is 5.38. The first-order valence-corrected chi connectivity index (χ1v) is 6.73. The van der Waals surface area contributed by atoms with Crippen LogP contribution in [-0.4, -0.2) is 22.9 Å². The number of hydrogen-bond donors (Lipinski definition) is 2. The lowest BCUT2D eigenvalue weighted by molar-refractivity contribution is 0.0664. The summed E-state index contributed by atoms with van der Waals surface area (Å²) in [6, 6.07) is 7.37. The zero-order valence-electron chi connectivity index (χ0n) is 10.1. The quantitative estimate of drug-likeness (QED) is 0.869. The largest absolute Gasteiger partial charge is 0.475 e. The third-order valence-electron chi connectivity index (χ3n) is 2.74. The highest BCUT2D eigenvalue weighted by molar-refractivity contribution is 7.99. The van der Waals surface area contributed by atoms with Gasteiger partial charge in [0.2, 0.25) is 5.76 Å². The smallest absolute Gasteiger partial charge is 0.372 e. The highest BCUT2D eigenvalue weighted by Crippen LogP contribution is 2.30. The lowest BCUT2D eigenvalue weighted by Gasteiger charge is -2.07. The Balaban J connectivity index is 2.39. The van der Waals surface area contributed by atoms with E-state index in [1.807, 2.05) is 25.1 Å². The number of para-hydroxylation sites is 1. The van der Waals surface area contributed by atoms with Crippen molar-refractivity contribution in [2.45, 2.75) is 17.9 Å². The van der Waals surface area contributed by atoms with Gasteiger partial charge in [0, 0.05) is 28.5 Å². The predicted molar refractivity (Wildman–Crippen MR) is 73.0 cm³/mol. The molecule has 1 unspecified atom stereocenters. The van der Waals surface area contributed by atoms with Gasteiger partial charge in [-0.1, -0.05) is 25.1 Å². The molecule has 0 aliphatic heterocycles. The van der Waals surface area contributed by atoms with E-state index in [9.17, 15) is 4.79 Å². The van der Waals surface area contributed by atoms with Gasteiger partial charge in [0.1, 0.15) is 5.58 Å². The molecular weight excluding hydrogens is 250 g/mol. The lowest BCUT2D eigenvalue weighted by atomic mass is 10.1. The number of aromatic carboxylic acids is 1. The monoisotopic (exact) mass is 265 g/mol. The van der Waals surface area contributed by atoms with Gasteiger partial charge < -0.3 is 15.3 Å². The van der Waals surface area contributed by atoms with E-state index in [0.29, 0.717) is 23.1 Å². The van der Waals surface area contributed by atoms with Crippen LogP contribution in [0.5, 0.6) is 0 Å². The van der Waals surface area contributed by atoms with Crippen LogP contribution in [-0.2, 0) is 5.75 Å². The van der Waals surface area contributed by atoms with E-state index in [2.05, 4.69) is 0 Å². The summed E-state index contributed by atoms with van der Waals surface area (Å²) in [5.74, 6) is -0.396. The molecule has 0 amide bonds. The number of furan rings is 1. The first-order valence-electron chi connectivity index (χ1n) is 5.69. The first-order chi connectivity index (χ1) is 8.63. The third kappa shape index (κ3) is 2.52. The molecule has 2 aromatic rings. The average molecular weight is 265 g/mol. The summed E-state index contributed by atoms with van der Waals surface area (Å²) >= 11 is 1.63. The molecule has 0 bridgehead atoms. The third-order valence-corrected chi connectivity index (χ3v) is 3.95. The van der Waals surface area contributed by atoms with Gasteiger partial charge in [-0.25, -0.2) is 4.79 Å². The molecule has 0 saturated heterocycles. The van der Waals surface area contributed by atoms with Gasteiger partial charge in [0.25, 0.3) is 0 Å². The van der Waals surface area contributed by atoms with Crippen LogP contribution in [0.15, 0.2) is 28.7 Å². The predicted octanol–water partition coefficient (Wildman–Crippen LogP) is 2.71. The summed E-state index contributed by atoms with van der Waals surface area (Å²) in [6.45, 7) is 2.59. The summed E-state index contributed by atoms with van der Waals surface area (Å²) in [5, 5.41) is 10.3. The van der Waals surface area contributed by atoms with Crippen LogP contribution >= 0.6 is 11.8 Å². The minimum atomic E-state index is -1.03. The van der Waals surface area contributed by atoms with Gasteiger partial charge in [-0.05, 0) is 6.07 Å². The van der Waals surface area contributed by atoms with E-state index in [4.69, 9.17) is 15.3 Å². The van der Waals surface area contributed by atoms with Gasteiger partial charge >= 0.3 is 5.97 Å². The second-order valence-electron chi connectivity index (χ2n) is 4.07. The Hall–Kier alpha value is -1.46. The minimum Gasteiger partial charge on any atom is -0.475 e. The highest BCUT2D eigenvalue weighted by atomic mass is 32.2. The van der Waals surface area contributed by atoms with Crippen LogP contribution in [0, 0.1) is 0 Å². The fraction of sp³-hybridized carbons (Fsp3) is 0.308. The summed E-state index contributed by atoms with van der Waals surface area (Å²) in [4.78, 5) is 11.2. The molecule has 5 heteroatoms. The zero-order chi connectivity index (χ0) is 13.1. The van der Waals surface area contributed by atoms with E-state index in [1.165, 1.54) is 0 Å². The van der Waals surface area contributed by atoms with Crippen LogP contribution in [0.25, 0.3) is 11.0 Å². The van der Waals surface area contributed by atoms with Crippen LogP contribution in [0.1, 0.15) is 23.0 Å². The second kappa shape index (κ2) is 5.46. The number of carboxylic acids is 1. The Morgan fingerprint density at radius 3 is 2.89 bits per heavy atom. The van der Waals surface area contributed by atoms with Gasteiger partial charge in [-0.15, -0.1) is 0 Å². The number of carbonyl (C=O) groups is 1. The zero-order valence-corrected chi connectivity index (χ0v) is 10.9. The average Bonchev–Trinajstić information content (AvgIpc) is 2.75. The molecule has 0 aliphatic carbocycles. The Morgan fingerprint density at radius 1 is 1.50 bits per heavy atom. The summed E-state index contributed by atoms with van der Waals surface area (Å²) in [6.07, 6.45) is 0. The molecular formula is C13H15NO3S. The van der Waals surface area contributed by atoms with Crippen molar-refractivity contribution in [2.75, 3.05) is 6.54 Å². The van der Waals surface area contributed by atoms with Gasteiger partial charge in [0.05, 0.1) is 0 Å². The van der Waals surface area contributed by atoms with Crippen molar-refractivity contribution in [1.82, 2.24) is 0 Å². The highest BCUT2D eigenvalue weighted by Gasteiger charge is 2.19. The lowest BCUT2D eigenvalue weighted by Crippen LogP contribution is -2.12. The van der Waals surface area contributed by atoms with E-state index in [-0.39, 0.29) is 5.76 Å². The fourth-order valence-corrected chi connectivity index (χ4v) is 2.58. The number of benzene rings is 1. The van der Waals surface area contributed by atoms with Crippen LogP contribution in [0.3, 0.4) is 0 Å². The number of fused-ring (bicyclic) bond motifs is 1. The number of rotatable bonds is 5. The molecule has 0 fully saturated rings. The van der Waals surface area contributed by atoms with Crippen LogP contribution < -0.4 is 5.73 Å². The molecule has 4 nitrogen and oxygen atoms in total. The minimum absolute atomic E-state index is 0.0351. The van der Waals surface area contributed by atoms with Crippen molar-refractivity contribution in [1.29, 1.82) is 0 Å². The molecule has 1 aromatic carbocycles. The van der Waals surface area contributed by atoms with Crippen LogP contribution in [0.4, 0.5) is 0 Å². The van der Waals surface area contributed by atoms with E-state index < -0.39 is 5.97 Å². The molecule has 0 spiro atoms. The molecule has 1 aromatic heterocycles. The molecule has 1 atom stereocenters. The van der Waals surface area contributed by atoms with Crippen molar-refractivity contribution < 1.29 is 14.3 Å².